The van der Waals surface area contributed by atoms with Crippen molar-refractivity contribution in [1.29, 1.82) is 0 Å². The Morgan fingerprint density at radius 2 is 1.87 bits per heavy atom. The summed E-state index contributed by atoms with van der Waals surface area (Å²) >= 11 is 1.60. The van der Waals surface area contributed by atoms with Gasteiger partial charge in [-0.25, -0.2) is 4.98 Å². The molecule has 1 amide bonds. The Bertz CT molecular complexity index is 967. The Hall–Kier alpha value is -2.63. The maximum Gasteiger partial charge on any atom is 0.251 e. The van der Waals surface area contributed by atoms with Crippen LogP contribution in [0.25, 0.3) is 0 Å². The second-order valence-electron chi connectivity index (χ2n) is 7.81. The minimum Gasteiger partial charge on any atom is -0.349 e. The molecule has 0 radical (unpaired) electrons. The molecular formula is C25H27N3OS. The average molecular weight is 418 g/mol. The van der Waals surface area contributed by atoms with Crippen LogP contribution in [0, 0.1) is 6.92 Å². The van der Waals surface area contributed by atoms with Crippen LogP contribution in [-0.4, -0.2) is 34.9 Å². The summed E-state index contributed by atoms with van der Waals surface area (Å²) in [6, 6.07) is 22.6. The number of carbonyl (C=O) groups is 1. The van der Waals surface area contributed by atoms with E-state index in [0.717, 1.165) is 42.4 Å². The maximum atomic E-state index is 12.6. The van der Waals surface area contributed by atoms with E-state index >= 15 is 0 Å². The summed E-state index contributed by atoms with van der Waals surface area (Å²) < 4.78 is 0. The minimum atomic E-state index is 0.0153. The normalized spacial score (nSPS) is 15.1. The van der Waals surface area contributed by atoms with Crippen LogP contribution >= 0.6 is 11.8 Å². The van der Waals surface area contributed by atoms with Crippen LogP contribution in [0.5, 0.6) is 0 Å². The number of carbonyl (C=O) groups excluding carboxylic acids is 1. The number of piperidine rings is 1. The summed E-state index contributed by atoms with van der Waals surface area (Å²) in [5, 5.41) is 4.16. The number of nitrogens with one attached hydrogen (secondary N) is 1. The van der Waals surface area contributed by atoms with Crippen molar-refractivity contribution in [2.45, 2.75) is 42.3 Å². The molecule has 4 nitrogen and oxygen atoms in total. The van der Waals surface area contributed by atoms with Crippen molar-refractivity contribution in [2.75, 3.05) is 13.1 Å². The second kappa shape index (κ2) is 9.92. The zero-order chi connectivity index (χ0) is 20.8. The molecule has 2 aromatic carbocycles. The average Bonchev–Trinajstić information content (AvgIpc) is 2.76. The molecule has 1 aromatic heterocycles. The van der Waals surface area contributed by atoms with Crippen LogP contribution in [0.4, 0.5) is 0 Å². The third kappa shape index (κ3) is 5.71. The van der Waals surface area contributed by atoms with Gasteiger partial charge in [0.2, 0.25) is 0 Å². The van der Waals surface area contributed by atoms with Crippen molar-refractivity contribution in [3.8, 4) is 0 Å². The molecule has 0 saturated carbocycles. The molecule has 0 unspecified atom stereocenters. The lowest BCUT2D eigenvalue weighted by Crippen LogP contribution is -2.44. The number of amides is 1. The Morgan fingerprint density at radius 1 is 1.07 bits per heavy atom. The summed E-state index contributed by atoms with van der Waals surface area (Å²) in [5.74, 6) is 0.0153. The molecule has 0 atom stereocenters. The van der Waals surface area contributed by atoms with Crippen LogP contribution in [0.1, 0.15) is 34.3 Å². The van der Waals surface area contributed by atoms with Gasteiger partial charge in [-0.05, 0) is 61.7 Å². The number of hydrogen-bond donors (Lipinski definition) is 1. The van der Waals surface area contributed by atoms with Crippen molar-refractivity contribution in [3.63, 3.8) is 0 Å². The van der Waals surface area contributed by atoms with Crippen LogP contribution in [0.15, 0.2) is 82.8 Å². The summed E-state index contributed by atoms with van der Waals surface area (Å²) in [6.07, 6.45) is 3.77. The van der Waals surface area contributed by atoms with Gasteiger partial charge in [-0.1, -0.05) is 47.7 Å². The van der Waals surface area contributed by atoms with Crippen molar-refractivity contribution >= 4 is 17.7 Å². The first-order valence-corrected chi connectivity index (χ1v) is 11.2. The Balaban J connectivity index is 1.25. The number of rotatable bonds is 6. The molecule has 1 aliphatic rings. The van der Waals surface area contributed by atoms with Gasteiger partial charge in [0.15, 0.2) is 0 Å². The number of aryl methyl sites for hydroxylation is 1. The SMILES string of the molecule is Cc1cccc(CN2CCC(NC(=O)c3ccc(Sc4ccccn4)cc3)CC2)c1. The van der Waals surface area contributed by atoms with E-state index in [1.807, 2.05) is 42.5 Å². The van der Waals surface area contributed by atoms with Crippen molar-refractivity contribution in [2.24, 2.45) is 0 Å². The smallest absolute Gasteiger partial charge is 0.251 e. The molecule has 1 aliphatic heterocycles. The Morgan fingerprint density at radius 3 is 2.57 bits per heavy atom. The lowest BCUT2D eigenvalue weighted by atomic mass is 10.0. The van der Waals surface area contributed by atoms with Crippen molar-refractivity contribution < 1.29 is 4.79 Å². The van der Waals surface area contributed by atoms with Gasteiger partial charge in [-0.2, -0.15) is 0 Å². The fraction of sp³-hybridized carbons (Fsp3) is 0.280. The van der Waals surface area contributed by atoms with E-state index in [9.17, 15) is 4.79 Å². The van der Waals surface area contributed by atoms with Gasteiger partial charge < -0.3 is 5.32 Å². The predicted octanol–water partition coefficient (Wildman–Crippen LogP) is 4.94. The number of nitrogens with zero attached hydrogens (tertiary/aromatic N) is 2. The van der Waals surface area contributed by atoms with Gasteiger partial charge in [0.05, 0.1) is 0 Å². The molecular weight excluding hydrogens is 390 g/mol. The van der Waals surface area contributed by atoms with Crippen molar-refractivity contribution in [1.82, 2.24) is 15.2 Å². The molecule has 0 aliphatic carbocycles. The van der Waals surface area contributed by atoms with E-state index in [0.29, 0.717) is 5.56 Å². The number of pyridine rings is 1. The first-order valence-electron chi connectivity index (χ1n) is 10.4. The molecule has 3 aromatic rings. The first kappa shape index (κ1) is 20.6. The lowest BCUT2D eigenvalue weighted by molar-refractivity contribution is 0.0909. The quantitative estimate of drug-likeness (QED) is 0.617. The van der Waals surface area contributed by atoms with E-state index in [-0.39, 0.29) is 11.9 Å². The fourth-order valence-corrected chi connectivity index (χ4v) is 4.55. The largest absolute Gasteiger partial charge is 0.349 e. The molecule has 154 valence electrons. The van der Waals surface area contributed by atoms with Gasteiger partial charge in [-0.15, -0.1) is 0 Å². The molecule has 0 bridgehead atoms. The lowest BCUT2D eigenvalue weighted by Gasteiger charge is -2.32. The Kier molecular flexibility index (Phi) is 6.82. The molecule has 1 fully saturated rings. The van der Waals surface area contributed by atoms with Gasteiger partial charge >= 0.3 is 0 Å². The standard InChI is InChI=1S/C25H27N3OS/c1-19-5-4-6-20(17-19)18-28-15-12-22(13-16-28)27-25(29)21-8-10-23(11-9-21)30-24-7-2-3-14-26-24/h2-11,14,17,22H,12-13,15-16,18H2,1H3,(H,27,29). The minimum absolute atomic E-state index is 0.0153. The molecule has 0 spiro atoms. The fourth-order valence-electron chi connectivity index (χ4n) is 3.78. The molecule has 1 saturated heterocycles. The molecule has 30 heavy (non-hydrogen) atoms. The predicted molar refractivity (Wildman–Crippen MR) is 122 cm³/mol. The highest BCUT2D eigenvalue weighted by Crippen LogP contribution is 2.25. The van der Waals surface area contributed by atoms with Gasteiger partial charge in [0.1, 0.15) is 5.03 Å². The number of aromatic nitrogens is 1. The van der Waals surface area contributed by atoms with E-state index in [1.165, 1.54) is 11.1 Å². The van der Waals surface area contributed by atoms with E-state index < -0.39 is 0 Å². The third-order valence-corrected chi connectivity index (χ3v) is 6.35. The van der Waals surface area contributed by atoms with Crippen LogP contribution < -0.4 is 5.32 Å². The summed E-state index contributed by atoms with van der Waals surface area (Å²) in [5.41, 5.74) is 3.38. The second-order valence-corrected chi connectivity index (χ2v) is 8.90. The number of likely N-dealkylation sites (tertiary alicyclic amines) is 1. The first-order chi connectivity index (χ1) is 14.7. The van der Waals surface area contributed by atoms with Crippen LogP contribution in [-0.2, 0) is 6.54 Å². The third-order valence-electron chi connectivity index (χ3n) is 5.39. The zero-order valence-corrected chi connectivity index (χ0v) is 18.1. The van der Waals surface area contributed by atoms with Gasteiger partial charge in [-0.3, -0.25) is 9.69 Å². The maximum absolute atomic E-state index is 12.6. The molecule has 4 rings (SSSR count). The highest BCUT2D eigenvalue weighted by molar-refractivity contribution is 7.99. The zero-order valence-electron chi connectivity index (χ0n) is 17.3. The summed E-state index contributed by atoms with van der Waals surface area (Å²) in [4.78, 5) is 20.5. The number of benzene rings is 2. The van der Waals surface area contributed by atoms with E-state index in [2.05, 4.69) is 46.4 Å². The highest BCUT2D eigenvalue weighted by atomic mass is 32.2. The monoisotopic (exact) mass is 417 g/mol. The van der Waals surface area contributed by atoms with Gasteiger partial charge in [0.25, 0.3) is 5.91 Å². The van der Waals surface area contributed by atoms with Crippen LogP contribution in [0.2, 0.25) is 0 Å². The van der Waals surface area contributed by atoms with Crippen molar-refractivity contribution in [3.05, 3.63) is 89.6 Å². The number of hydrogen-bond acceptors (Lipinski definition) is 4. The molecule has 2 heterocycles. The van der Waals surface area contributed by atoms with Crippen LogP contribution in [0.3, 0.4) is 0 Å². The molecule has 1 N–H and O–H groups in total. The molecule has 5 heteroatoms. The van der Waals surface area contributed by atoms with E-state index in [4.69, 9.17) is 0 Å². The van der Waals surface area contributed by atoms with Gasteiger partial charge in [0, 0.05) is 42.3 Å². The Labute approximate surface area is 182 Å². The van der Waals surface area contributed by atoms with E-state index in [1.54, 1.807) is 18.0 Å². The topological polar surface area (TPSA) is 45.2 Å². The highest BCUT2D eigenvalue weighted by Gasteiger charge is 2.21. The summed E-state index contributed by atoms with van der Waals surface area (Å²) in [6.45, 7) is 5.14. The summed E-state index contributed by atoms with van der Waals surface area (Å²) in [7, 11) is 0.